The number of ketones is 1. The Balaban J connectivity index is 2.23. The fourth-order valence-corrected chi connectivity index (χ4v) is 4.10. The van der Waals surface area contributed by atoms with Gasteiger partial charge in [-0.15, -0.1) is 0 Å². The first-order valence-electron chi connectivity index (χ1n) is 10.5. The zero-order valence-electron chi connectivity index (χ0n) is 18.8. The number of carbonyl (C=O) groups is 3. The third-order valence-electron chi connectivity index (χ3n) is 6.62. The third kappa shape index (κ3) is 4.96. The second kappa shape index (κ2) is 9.18. The maximum Gasteiger partial charge on any atom is 0.334 e. The highest BCUT2D eigenvalue weighted by molar-refractivity contribution is 6.08. The van der Waals surface area contributed by atoms with Crippen molar-refractivity contribution in [1.82, 2.24) is 0 Å². The molecule has 5 atom stereocenters. The summed E-state index contributed by atoms with van der Waals surface area (Å²) in [4.78, 5) is 36.3. The molecular weight excluding hydrogens is 396 g/mol. The molecule has 0 aromatic heterocycles. The van der Waals surface area contributed by atoms with E-state index in [1.807, 2.05) is 20.8 Å². The Labute approximate surface area is 183 Å². The molecule has 0 aliphatic heterocycles. The molecular formula is C25H32O6. The maximum atomic E-state index is 12.5. The van der Waals surface area contributed by atoms with Crippen molar-refractivity contribution < 1.29 is 29.3 Å². The number of rotatable bonds is 7. The Morgan fingerprint density at radius 1 is 1.39 bits per heavy atom. The topological polar surface area (TPSA) is 101 Å². The van der Waals surface area contributed by atoms with Gasteiger partial charge in [-0.1, -0.05) is 64.5 Å². The van der Waals surface area contributed by atoms with E-state index in [-0.39, 0.29) is 12.3 Å². The normalized spacial score (nSPS) is 31.7. The number of carboxylic acids is 1. The first-order valence-corrected chi connectivity index (χ1v) is 10.5. The molecule has 2 aliphatic carbocycles. The molecule has 6 nitrogen and oxygen atoms in total. The third-order valence-corrected chi connectivity index (χ3v) is 6.62. The minimum Gasteiger partial charge on any atom is -0.478 e. The summed E-state index contributed by atoms with van der Waals surface area (Å²) in [5.41, 5.74) is -1.90. The number of esters is 1. The van der Waals surface area contributed by atoms with E-state index in [4.69, 9.17) is 4.74 Å². The van der Waals surface area contributed by atoms with E-state index in [0.717, 1.165) is 12.0 Å². The fourth-order valence-electron chi connectivity index (χ4n) is 4.10. The van der Waals surface area contributed by atoms with Crippen LogP contribution < -0.4 is 0 Å². The van der Waals surface area contributed by atoms with Crippen LogP contribution in [-0.4, -0.2) is 39.6 Å². The van der Waals surface area contributed by atoms with Gasteiger partial charge in [-0.05, 0) is 37.0 Å². The number of carboxylic acid groups (broad SMARTS) is 1. The molecule has 0 heterocycles. The van der Waals surface area contributed by atoms with E-state index in [0.29, 0.717) is 11.5 Å². The molecule has 0 fully saturated rings. The lowest BCUT2D eigenvalue weighted by molar-refractivity contribution is -0.148. The molecule has 2 aliphatic rings. The van der Waals surface area contributed by atoms with E-state index in [2.05, 4.69) is 26.5 Å². The summed E-state index contributed by atoms with van der Waals surface area (Å²) in [6.45, 7) is 13.2. The van der Waals surface area contributed by atoms with Crippen molar-refractivity contribution in [2.75, 3.05) is 0 Å². The Hall–Kier alpha value is -2.73. The zero-order valence-corrected chi connectivity index (χ0v) is 18.8. The van der Waals surface area contributed by atoms with Crippen LogP contribution in [-0.2, 0) is 19.1 Å². The molecule has 0 spiro atoms. The van der Waals surface area contributed by atoms with Crippen LogP contribution in [0.3, 0.4) is 0 Å². The van der Waals surface area contributed by atoms with Crippen molar-refractivity contribution in [1.29, 1.82) is 0 Å². The highest BCUT2D eigenvalue weighted by Gasteiger charge is 2.54. The van der Waals surface area contributed by atoms with Gasteiger partial charge in [-0.2, -0.15) is 0 Å². The molecule has 0 radical (unpaired) electrons. The average Bonchev–Trinajstić information content (AvgIpc) is 2.70. The van der Waals surface area contributed by atoms with Crippen LogP contribution in [0.25, 0.3) is 0 Å². The molecule has 0 amide bonds. The van der Waals surface area contributed by atoms with E-state index in [1.165, 1.54) is 12.2 Å². The molecule has 168 valence electrons. The van der Waals surface area contributed by atoms with E-state index < -0.39 is 40.4 Å². The van der Waals surface area contributed by atoms with Gasteiger partial charge in [0.05, 0.1) is 5.57 Å². The van der Waals surface area contributed by atoms with Crippen molar-refractivity contribution in [3.8, 4) is 0 Å². The number of carbonyl (C=O) groups excluding carboxylic acids is 2. The second-order valence-electron chi connectivity index (χ2n) is 8.88. The molecule has 31 heavy (non-hydrogen) atoms. The van der Waals surface area contributed by atoms with Crippen LogP contribution in [0.2, 0.25) is 0 Å². The standard InChI is InChI=1S/C25H32O6/c1-7-15(2)12-16(3)8-11-22(27)31-20-10-9-19-13-21(26)25(30,18(5)23(28)29)14-24(19,6)17(20)4/h8-13,15,17,20,30H,5,7,14H2,1-4,6H3,(H,28,29)/b11-8+,16-12+/t15?,17-,20-,24+,25+/m0/s1. The number of fused-ring (bicyclic) bond motifs is 1. The van der Waals surface area contributed by atoms with Crippen LogP contribution in [0, 0.1) is 17.3 Å². The quantitative estimate of drug-likeness (QED) is 0.362. The highest BCUT2D eigenvalue weighted by Crippen LogP contribution is 2.52. The Kier molecular flexibility index (Phi) is 7.27. The van der Waals surface area contributed by atoms with Crippen molar-refractivity contribution >= 4 is 17.7 Å². The number of hydrogen-bond donors (Lipinski definition) is 2. The van der Waals surface area contributed by atoms with Gasteiger partial charge in [-0.3, -0.25) is 4.79 Å². The number of aliphatic hydroxyl groups is 1. The lowest BCUT2D eigenvalue weighted by Gasteiger charge is -2.48. The Morgan fingerprint density at radius 2 is 2.03 bits per heavy atom. The SMILES string of the molecule is C=C(C(=O)O)[C@]1(O)C[C@@]2(C)C(=CC1=O)C=C[C@H](OC(=O)/C=C/C(C)=C/C(C)CC)[C@@H]2C. The van der Waals surface area contributed by atoms with Gasteiger partial charge in [0.1, 0.15) is 6.10 Å². The lowest BCUT2D eigenvalue weighted by Crippen LogP contribution is -2.53. The van der Waals surface area contributed by atoms with Gasteiger partial charge in [-0.25, -0.2) is 9.59 Å². The molecule has 0 saturated carbocycles. The van der Waals surface area contributed by atoms with E-state index in [9.17, 15) is 24.6 Å². The first kappa shape index (κ1) is 24.5. The summed E-state index contributed by atoms with van der Waals surface area (Å²) >= 11 is 0. The fraction of sp³-hybridized carbons (Fsp3) is 0.480. The minimum atomic E-state index is -2.20. The van der Waals surface area contributed by atoms with Crippen LogP contribution >= 0.6 is 0 Å². The van der Waals surface area contributed by atoms with E-state index >= 15 is 0 Å². The molecule has 0 saturated heterocycles. The van der Waals surface area contributed by atoms with Gasteiger partial charge in [0.2, 0.25) is 0 Å². The van der Waals surface area contributed by atoms with Gasteiger partial charge >= 0.3 is 11.9 Å². The molecule has 0 aromatic rings. The Morgan fingerprint density at radius 3 is 2.61 bits per heavy atom. The van der Waals surface area contributed by atoms with Crippen LogP contribution in [0.15, 0.2) is 59.8 Å². The maximum absolute atomic E-state index is 12.5. The summed E-state index contributed by atoms with van der Waals surface area (Å²) in [5, 5.41) is 20.2. The van der Waals surface area contributed by atoms with Crippen LogP contribution in [0.1, 0.15) is 47.5 Å². The molecule has 2 N–H and O–H groups in total. The van der Waals surface area contributed by atoms with Crippen molar-refractivity contribution in [3.63, 3.8) is 0 Å². The number of allylic oxidation sites excluding steroid dienone is 5. The molecule has 2 rings (SSSR count). The zero-order chi connectivity index (χ0) is 23.6. The van der Waals surface area contributed by atoms with Crippen molar-refractivity contribution in [3.05, 3.63) is 59.8 Å². The average molecular weight is 429 g/mol. The van der Waals surface area contributed by atoms with Crippen molar-refractivity contribution in [2.24, 2.45) is 17.3 Å². The van der Waals surface area contributed by atoms with Gasteiger partial charge in [0.15, 0.2) is 11.4 Å². The molecule has 6 heteroatoms. The van der Waals surface area contributed by atoms with Crippen molar-refractivity contribution in [2.45, 2.75) is 59.2 Å². The summed E-state index contributed by atoms with van der Waals surface area (Å²) in [7, 11) is 0. The number of hydrogen-bond acceptors (Lipinski definition) is 5. The highest BCUT2D eigenvalue weighted by atomic mass is 16.5. The summed E-state index contributed by atoms with van der Waals surface area (Å²) in [6.07, 6.45) is 10.1. The van der Waals surface area contributed by atoms with E-state index in [1.54, 1.807) is 18.2 Å². The first-order chi connectivity index (χ1) is 14.3. The number of ether oxygens (including phenoxy) is 1. The largest absolute Gasteiger partial charge is 0.478 e. The second-order valence-corrected chi connectivity index (χ2v) is 8.88. The smallest absolute Gasteiger partial charge is 0.334 e. The summed E-state index contributed by atoms with van der Waals surface area (Å²) < 4.78 is 5.63. The monoisotopic (exact) mass is 428 g/mol. The molecule has 0 bridgehead atoms. The predicted octanol–water partition coefficient (Wildman–Crippen LogP) is 3.93. The van der Waals surface area contributed by atoms with Gasteiger partial charge in [0.25, 0.3) is 0 Å². The van der Waals surface area contributed by atoms with Gasteiger partial charge < -0.3 is 14.9 Å². The summed E-state index contributed by atoms with van der Waals surface area (Å²) in [5.74, 6) is -2.51. The number of aliphatic carboxylic acids is 1. The molecule has 1 unspecified atom stereocenters. The van der Waals surface area contributed by atoms with Gasteiger partial charge in [0, 0.05) is 17.4 Å². The lowest BCUT2D eigenvalue weighted by atomic mass is 9.57. The Bertz CT molecular complexity index is 905. The van der Waals surface area contributed by atoms with Crippen LogP contribution in [0.4, 0.5) is 0 Å². The predicted molar refractivity (Wildman–Crippen MR) is 118 cm³/mol. The minimum absolute atomic E-state index is 0.151. The van der Waals surface area contributed by atoms with Crippen LogP contribution in [0.5, 0.6) is 0 Å². The summed E-state index contributed by atoms with van der Waals surface area (Å²) in [6, 6.07) is 0. The molecule has 0 aromatic carbocycles.